The zero-order valence-corrected chi connectivity index (χ0v) is 21.0. The minimum atomic E-state index is 0. The van der Waals surface area contributed by atoms with Gasteiger partial charge < -0.3 is 19.8 Å². The highest BCUT2D eigenvalue weighted by Crippen LogP contribution is 2.25. The second-order valence-corrected chi connectivity index (χ2v) is 7.74. The van der Waals surface area contributed by atoms with E-state index < -0.39 is 0 Å². The normalized spacial score (nSPS) is 12.6. The van der Waals surface area contributed by atoms with Crippen LogP contribution in [0.2, 0.25) is 0 Å². The van der Waals surface area contributed by atoms with Gasteiger partial charge in [-0.3, -0.25) is 4.99 Å². The summed E-state index contributed by atoms with van der Waals surface area (Å²) in [6.45, 7) is 7.23. The minimum absolute atomic E-state index is 0. The van der Waals surface area contributed by atoms with E-state index >= 15 is 0 Å². The van der Waals surface area contributed by atoms with Crippen LogP contribution in [0.4, 0.5) is 0 Å². The molecule has 0 atom stereocenters. The van der Waals surface area contributed by atoms with Crippen molar-refractivity contribution in [3.63, 3.8) is 0 Å². The first-order chi connectivity index (χ1) is 15.2. The Kier molecular flexibility index (Phi) is 8.96. The first-order valence-corrected chi connectivity index (χ1v) is 11.0. The molecule has 4 rings (SSSR count). The summed E-state index contributed by atoms with van der Waals surface area (Å²) in [7, 11) is 0. The average molecular weight is 546 g/mol. The lowest BCUT2D eigenvalue weighted by atomic mass is 10.1. The predicted octanol–water partition coefficient (Wildman–Crippen LogP) is 4.54. The largest absolute Gasteiger partial charge is 0.493 e. The Morgan fingerprint density at radius 1 is 1.09 bits per heavy atom. The van der Waals surface area contributed by atoms with Gasteiger partial charge in [0, 0.05) is 38.0 Å². The minimum Gasteiger partial charge on any atom is -0.493 e. The molecule has 0 saturated heterocycles. The number of ether oxygens (including phenoxy) is 1. The third-order valence-electron chi connectivity index (χ3n) is 5.29. The smallest absolute Gasteiger partial charge is 0.226 e. The number of guanidine groups is 1. The standard InChI is InChI=1S/C25H30N4O2.HI/c1-3-26-25(27-13-10-19-6-9-23-21(16-19)12-15-30-23)28-14-11-22-17-31-24(29-22)20-7-4-18(2)5-8-20;/h4-9,16-17H,3,10-15H2,1-2H3,(H2,26,27,28);1H. The number of aliphatic imine (C=N–C) groups is 1. The van der Waals surface area contributed by atoms with Crippen molar-refractivity contribution < 1.29 is 9.15 Å². The summed E-state index contributed by atoms with van der Waals surface area (Å²) >= 11 is 0. The topological polar surface area (TPSA) is 71.7 Å². The highest BCUT2D eigenvalue weighted by atomic mass is 127. The van der Waals surface area contributed by atoms with E-state index in [0.29, 0.717) is 12.4 Å². The highest BCUT2D eigenvalue weighted by Gasteiger charge is 2.12. The fraction of sp³-hybridized carbons (Fsp3) is 0.360. The Balaban J connectivity index is 0.00000289. The molecule has 2 N–H and O–H groups in total. The summed E-state index contributed by atoms with van der Waals surface area (Å²) < 4.78 is 11.2. The second-order valence-electron chi connectivity index (χ2n) is 7.74. The van der Waals surface area contributed by atoms with Crippen molar-refractivity contribution in [2.45, 2.75) is 33.1 Å². The molecule has 0 spiro atoms. The number of rotatable bonds is 8. The van der Waals surface area contributed by atoms with Crippen LogP contribution in [0.25, 0.3) is 11.5 Å². The lowest BCUT2D eigenvalue weighted by Crippen LogP contribution is -2.38. The molecule has 0 bridgehead atoms. The van der Waals surface area contributed by atoms with E-state index in [0.717, 1.165) is 61.9 Å². The molecule has 2 aromatic carbocycles. The van der Waals surface area contributed by atoms with Crippen molar-refractivity contribution in [2.24, 2.45) is 4.99 Å². The van der Waals surface area contributed by atoms with Crippen molar-refractivity contribution in [1.82, 2.24) is 15.6 Å². The summed E-state index contributed by atoms with van der Waals surface area (Å²) in [6, 6.07) is 14.7. The zero-order valence-electron chi connectivity index (χ0n) is 18.7. The van der Waals surface area contributed by atoms with Crippen LogP contribution in [-0.2, 0) is 19.3 Å². The summed E-state index contributed by atoms with van der Waals surface area (Å²) in [6.07, 6.45) is 4.41. The molecule has 2 heterocycles. The second kappa shape index (κ2) is 11.9. The van der Waals surface area contributed by atoms with Gasteiger partial charge in [0.15, 0.2) is 5.96 Å². The van der Waals surface area contributed by atoms with Crippen LogP contribution in [0.5, 0.6) is 5.75 Å². The van der Waals surface area contributed by atoms with Gasteiger partial charge in [-0.05, 0) is 49.6 Å². The molecule has 170 valence electrons. The van der Waals surface area contributed by atoms with Crippen LogP contribution in [0.15, 0.2) is 58.1 Å². The van der Waals surface area contributed by atoms with Gasteiger partial charge in [0.2, 0.25) is 5.89 Å². The number of aryl methyl sites for hydroxylation is 1. The van der Waals surface area contributed by atoms with Gasteiger partial charge in [-0.2, -0.15) is 0 Å². The molecule has 32 heavy (non-hydrogen) atoms. The first-order valence-electron chi connectivity index (χ1n) is 11.0. The van der Waals surface area contributed by atoms with Crippen molar-refractivity contribution in [2.75, 3.05) is 26.2 Å². The van der Waals surface area contributed by atoms with Crippen molar-refractivity contribution in [3.8, 4) is 17.2 Å². The Morgan fingerprint density at radius 2 is 1.94 bits per heavy atom. The number of hydrogen-bond acceptors (Lipinski definition) is 4. The third kappa shape index (κ3) is 6.48. The van der Waals surface area contributed by atoms with Gasteiger partial charge in [0.25, 0.3) is 0 Å². The molecule has 6 nitrogen and oxygen atoms in total. The maximum absolute atomic E-state index is 5.64. The molecule has 1 aliphatic rings. The molecule has 0 aliphatic carbocycles. The van der Waals surface area contributed by atoms with Gasteiger partial charge in [-0.1, -0.05) is 29.8 Å². The van der Waals surface area contributed by atoms with Gasteiger partial charge in [-0.15, -0.1) is 24.0 Å². The number of aromatic nitrogens is 1. The van der Waals surface area contributed by atoms with E-state index in [9.17, 15) is 0 Å². The Morgan fingerprint density at radius 3 is 2.75 bits per heavy atom. The number of hydrogen-bond donors (Lipinski definition) is 2. The lowest BCUT2D eigenvalue weighted by Gasteiger charge is -2.11. The molecular weight excluding hydrogens is 515 g/mol. The maximum Gasteiger partial charge on any atom is 0.226 e. The highest BCUT2D eigenvalue weighted by molar-refractivity contribution is 14.0. The number of nitrogens with zero attached hydrogens (tertiary/aromatic N) is 2. The molecule has 0 amide bonds. The molecule has 1 aliphatic heterocycles. The average Bonchev–Trinajstić information content (AvgIpc) is 3.43. The zero-order chi connectivity index (χ0) is 21.5. The number of fused-ring (bicyclic) bond motifs is 1. The van der Waals surface area contributed by atoms with E-state index in [-0.39, 0.29) is 24.0 Å². The Labute approximate surface area is 206 Å². The third-order valence-corrected chi connectivity index (χ3v) is 5.29. The van der Waals surface area contributed by atoms with E-state index in [1.165, 1.54) is 16.7 Å². The van der Waals surface area contributed by atoms with Crippen LogP contribution in [0, 0.1) is 6.92 Å². The molecule has 0 unspecified atom stereocenters. The van der Waals surface area contributed by atoms with Crippen molar-refractivity contribution in [3.05, 3.63) is 71.1 Å². The number of nitrogens with one attached hydrogen (secondary N) is 2. The first kappa shape index (κ1) is 24.1. The van der Waals surface area contributed by atoms with Crippen LogP contribution < -0.4 is 15.4 Å². The van der Waals surface area contributed by atoms with Gasteiger partial charge >= 0.3 is 0 Å². The molecule has 0 radical (unpaired) electrons. The molecular formula is C25H31IN4O2. The summed E-state index contributed by atoms with van der Waals surface area (Å²) in [5.74, 6) is 2.52. The number of oxazole rings is 1. The molecule has 3 aromatic rings. The number of benzene rings is 2. The van der Waals surface area contributed by atoms with Crippen LogP contribution in [0.1, 0.15) is 29.3 Å². The fourth-order valence-electron chi connectivity index (χ4n) is 3.60. The monoisotopic (exact) mass is 546 g/mol. The Bertz CT molecular complexity index is 1030. The molecule has 1 aromatic heterocycles. The van der Waals surface area contributed by atoms with E-state index in [1.54, 1.807) is 6.26 Å². The molecule has 0 fully saturated rings. The molecule has 0 saturated carbocycles. The van der Waals surface area contributed by atoms with Crippen LogP contribution >= 0.6 is 24.0 Å². The van der Waals surface area contributed by atoms with E-state index in [2.05, 4.69) is 64.8 Å². The fourth-order valence-corrected chi connectivity index (χ4v) is 3.60. The number of halogens is 1. The quantitative estimate of drug-likeness (QED) is 0.247. The summed E-state index contributed by atoms with van der Waals surface area (Å²) in [5.41, 5.74) is 5.76. The van der Waals surface area contributed by atoms with Crippen LogP contribution in [-0.4, -0.2) is 37.2 Å². The van der Waals surface area contributed by atoms with E-state index in [1.807, 2.05) is 12.1 Å². The van der Waals surface area contributed by atoms with Crippen LogP contribution in [0.3, 0.4) is 0 Å². The summed E-state index contributed by atoms with van der Waals surface area (Å²) in [5, 5.41) is 6.73. The maximum atomic E-state index is 5.64. The SMILES string of the molecule is CCNC(=NCCc1coc(-c2ccc(C)cc2)n1)NCCc1ccc2c(c1)CCO2.I. The van der Waals surface area contributed by atoms with Crippen molar-refractivity contribution in [1.29, 1.82) is 0 Å². The predicted molar refractivity (Wildman–Crippen MR) is 139 cm³/mol. The lowest BCUT2D eigenvalue weighted by molar-refractivity contribution is 0.357. The van der Waals surface area contributed by atoms with Gasteiger partial charge in [-0.25, -0.2) is 4.98 Å². The summed E-state index contributed by atoms with van der Waals surface area (Å²) in [4.78, 5) is 9.28. The van der Waals surface area contributed by atoms with E-state index in [4.69, 9.17) is 9.15 Å². The van der Waals surface area contributed by atoms with Crippen molar-refractivity contribution >= 4 is 29.9 Å². The molecule has 7 heteroatoms. The van der Waals surface area contributed by atoms with Gasteiger partial charge in [0.1, 0.15) is 12.0 Å². The van der Waals surface area contributed by atoms with Gasteiger partial charge in [0.05, 0.1) is 12.3 Å². The Hall–Kier alpha value is -2.55.